The second kappa shape index (κ2) is 7.03. The van der Waals surface area contributed by atoms with Crippen LogP contribution < -0.4 is 4.74 Å². The summed E-state index contributed by atoms with van der Waals surface area (Å²) in [6.45, 7) is 5.51. The molecule has 0 amide bonds. The lowest BCUT2D eigenvalue weighted by Gasteiger charge is -2.10. The summed E-state index contributed by atoms with van der Waals surface area (Å²) in [5.74, 6) is 0.525. The Kier molecular flexibility index (Phi) is 5.09. The number of hydrogen-bond acceptors (Lipinski definition) is 3. The number of hydrogen-bond donors (Lipinski definition) is 0. The van der Waals surface area contributed by atoms with E-state index in [1.807, 2.05) is 20.0 Å². The van der Waals surface area contributed by atoms with Gasteiger partial charge in [0.2, 0.25) is 0 Å². The maximum Gasteiger partial charge on any atom is 0.123 e. The number of aryl methyl sites for hydroxylation is 3. The van der Waals surface area contributed by atoms with Crippen molar-refractivity contribution in [2.24, 2.45) is 0 Å². The van der Waals surface area contributed by atoms with Crippen LogP contribution >= 0.6 is 0 Å². The summed E-state index contributed by atoms with van der Waals surface area (Å²) in [6.07, 6.45) is 4.28. The van der Waals surface area contributed by atoms with Gasteiger partial charge in [-0.2, -0.15) is 0 Å². The molecule has 0 aliphatic rings. The predicted molar refractivity (Wildman–Crippen MR) is 75.3 cm³/mol. The van der Waals surface area contributed by atoms with E-state index in [9.17, 15) is 4.39 Å². The lowest BCUT2D eigenvalue weighted by molar-refractivity contribution is 0.313. The average molecular weight is 277 g/mol. The van der Waals surface area contributed by atoms with Crippen LogP contribution in [0.5, 0.6) is 5.75 Å². The SMILES string of the molecule is CCCOc1ccc(F)cc1CCc1cn(CC)nn1. The summed E-state index contributed by atoms with van der Waals surface area (Å²) in [5, 5.41) is 8.09. The first-order valence-corrected chi connectivity index (χ1v) is 7.03. The zero-order valence-corrected chi connectivity index (χ0v) is 12.0. The molecular formula is C15H20FN3O. The molecule has 1 heterocycles. The molecule has 2 rings (SSSR count). The number of nitrogens with zero attached hydrogens (tertiary/aromatic N) is 3. The molecule has 2 aromatic rings. The highest BCUT2D eigenvalue weighted by Crippen LogP contribution is 2.21. The molecule has 4 nitrogen and oxygen atoms in total. The Morgan fingerprint density at radius 1 is 1.25 bits per heavy atom. The molecular weight excluding hydrogens is 257 g/mol. The van der Waals surface area contributed by atoms with E-state index in [1.165, 1.54) is 12.1 Å². The number of aromatic nitrogens is 3. The van der Waals surface area contributed by atoms with Gasteiger partial charge >= 0.3 is 0 Å². The number of benzene rings is 1. The molecule has 1 aromatic carbocycles. The molecule has 0 fully saturated rings. The molecule has 5 heteroatoms. The third-order valence-corrected chi connectivity index (χ3v) is 3.04. The minimum atomic E-state index is -0.235. The van der Waals surface area contributed by atoms with Gasteiger partial charge in [0.25, 0.3) is 0 Å². The van der Waals surface area contributed by atoms with Gasteiger partial charge in [0.15, 0.2) is 0 Å². The van der Waals surface area contributed by atoms with Gasteiger partial charge < -0.3 is 4.74 Å². The molecule has 108 valence electrons. The summed E-state index contributed by atoms with van der Waals surface area (Å²) in [7, 11) is 0. The first kappa shape index (κ1) is 14.5. The van der Waals surface area contributed by atoms with E-state index in [-0.39, 0.29) is 5.82 Å². The summed E-state index contributed by atoms with van der Waals surface area (Å²) < 4.78 is 20.8. The summed E-state index contributed by atoms with van der Waals surface area (Å²) in [5.41, 5.74) is 1.79. The lowest BCUT2D eigenvalue weighted by atomic mass is 10.1. The summed E-state index contributed by atoms with van der Waals surface area (Å²) >= 11 is 0. The lowest BCUT2D eigenvalue weighted by Crippen LogP contribution is -2.01. The van der Waals surface area contributed by atoms with E-state index in [4.69, 9.17) is 4.74 Å². The first-order chi connectivity index (χ1) is 9.72. The molecule has 1 aromatic heterocycles. The third-order valence-electron chi connectivity index (χ3n) is 3.04. The molecule has 0 unspecified atom stereocenters. The fraction of sp³-hybridized carbons (Fsp3) is 0.467. The van der Waals surface area contributed by atoms with Crippen molar-refractivity contribution in [3.05, 3.63) is 41.5 Å². The molecule has 0 atom stereocenters. The van der Waals surface area contributed by atoms with E-state index in [1.54, 1.807) is 10.7 Å². The van der Waals surface area contributed by atoms with Crippen molar-refractivity contribution in [1.82, 2.24) is 15.0 Å². The van der Waals surface area contributed by atoms with Gasteiger partial charge in [0, 0.05) is 12.7 Å². The van der Waals surface area contributed by atoms with Crippen LogP contribution in [0.3, 0.4) is 0 Å². The van der Waals surface area contributed by atoms with E-state index < -0.39 is 0 Å². The fourth-order valence-electron chi connectivity index (χ4n) is 1.97. The fourth-order valence-corrected chi connectivity index (χ4v) is 1.97. The van der Waals surface area contributed by atoms with Gasteiger partial charge in [-0.3, -0.25) is 4.68 Å². The predicted octanol–water partition coefficient (Wildman–Crippen LogP) is 3.01. The van der Waals surface area contributed by atoms with Crippen molar-refractivity contribution in [2.75, 3.05) is 6.61 Å². The van der Waals surface area contributed by atoms with Crippen molar-refractivity contribution in [3.63, 3.8) is 0 Å². The van der Waals surface area contributed by atoms with Gasteiger partial charge in [0.1, 0.15) is 11.6 Å². The Morgan fingerprint density at radius 2 is 2.10 bits per heavy atom. The van der Waals surface area contributed by atoms with Gasteiger partial charge in [-0.15, -0.1) is 5.10 Å². The standard InChI is InChI=1S/C15H20FN3O/c1-3-9-20-15-8-6-13(16)10-12(15)5-7-14-11-19(4-2)18-17-14/h6,8,10-11H,3-5,7,9H2,1-2H3. The monoisotopic (exact) mass is 277 g/mol. The Balaban J connectivity index is 2.05. The Labute approximate surface area is 118 Å². The van der Waals surface area contributed by atoms with E-state index in [0.717, 1.165) is 36.4 Å². The molecule has 0 aliphatic carbocycles. The second-order valence-corrected chi connectivity index (χ2v) is 4.67. The third kappa shape index (κ3) is 3.79. The molecule has 0 N–H and O–H groups in total. The highest BCUT2D eigenvalue weighted by atomic mass is 19.1. The number of ether oxygens (including phenoxy) is 1. The van der Waals surface area contributed by atoms with Crippen molar-refractivity contribution in [1.29, 1.82) is 0 Å². The maximum absolute atomic E-state index is 13.4. The van der Waals surface area contributed by atoms with Gasteiger partial charge in [-0.1, -0.05) is 12.1 Å². The molecule has 20 heavy (non-hydrogen) atoms. The topological polar surface area (TPSA) is 39.9 Å². The van der Waals surface area contributed by atoms with Crippen LogP contribution in [-0.4, -0.2) is 21.6 Å². The maximum atomic E-state index is 13.4. The molecule has 0 saturated carbocycles. The van der Waals surface area contributed by atoms with E-state index in [2.05, 4.69) is 10.3 Å². The largest absolute Gasteiger partial charge is 0.493 e. The van der Waals surface area contributed by atoms with Crippen LogP contribution in [0.4, 0.5) is 4.39 Å². The van der Waals surface area contributed by atoms with Crippen LogP contribution in [0.25, 0.3) is 0 Å². The first-order valence-electron chi connectivity index (χ1n) is 7.03. The minimum absolute atomic E-state index is 0.235. The highest BCUT2D eigenvalue weighted by Gasteiger charge is 2.07. The number of rotatable bonds is 7. The van der Waals surface area contributed by atoms with Crippen LogP contribution in [0, 0.1) is 5.82 Å². The zero-order valence-electron chi connectivity index (χ0n) is 12.0. The Hall–Kier alpha value is -1.91. The van der Waals surface area contributed by atoms with Crippen molar-refractivity contribution >= 4 is 0 Å². The van der Waals surface area contributed by atoms with Crippen LogP contribution in [0.1, 0.15) is 31.5 Å². The normalized spacial score (nSPS) is 10.8. The second-order valence-electron chi connectivity index (χ2n) is 4.67. The Bertz CT molecular complexity index is 554. The van der Waals surface area contributed by atoms with E-state index in [0.29, 0.717) is 13.0 Å². The van der Waals surface area contributed by atoms with Gasteiger partial charge in [-0.25, -0.2) is 4.39 Å². The molecule has 0 radical (unpaired) electrons. The number of halogens is 1. The van der Waals surface area contributed by atoms with Gasteiger partial charge in [-0.05, 0) is 49.9 Å². The Morgan fingerprint density at radius 3 is 2.80 bits per heavy atom. The van der Waals surface area contributed by atoms with Crippen LogP contribution in [0.2, 0.25) is 0 Å². The van der Waals surface area contributed by atoms with Crippen molar-refractivity contribution in [3.8, 4) is 5.75 Å². The van der Waals surface area contributed by atoms with Crippen molar-refractivity contribution in [2.45, 2.75) is 39.7 Å². The molecule has 0 spiro atoms. The summed E-state index contributed by atoms with van der Waals surface area (Å²) in [4.78, 5) is 0. The average Bonchev–Trinajstić information content (AvgIpc) is 2.92. The molecule has 0 bridgehead atoms. The van der Waals surface area contributed by atoms with Crippen molar-refractivity contribution < 1.29 is 9.13 Å². The molecule has 0 saturated heterocycles. The molecule has 0 aliphatic heterocycles. The quantitative estimate of drug-likeness (QED) is 0.781. The van der Waals surface area contributed by atoms with E-state index >= 15 is 0 Å². The summed E-state index contributed by atoms with van der Waals surface area (Å²) in [6, 6.07) is 4.67. The smallest absolute Gasteiger partial charge is 0.123 e. The van der Waals surface area contributed by atoms with Crippen LogP contribution in [0.15, 0.2) is 24.4 Å². The van der Waals surface area contributed by atoms with Gasteiger partial charge in [0.05, 0.1) is 12.3 Å². The van der Waals surface area contributed by atoms with Crippen LogP contribution in [-0.2, 0) is 19.4 Å². The highest BCUT2D eigenvalue weighted by molar-refractivity contribution is 5.34. The minimum Gasteiger partial charge on any atom is -0.493 e. The zero-order chi connectivity index (χ0) is 14.4.